The molecule has 0 aromatic carbocycles. The summed E-state index contributed by atoms with van der Waals surface area (Å²) in [6.45, 7) is 8.97. The summed E-state index contributed by atoms with van der Waals surface area (Å²) in [6, 6.07) is -1.00. The molecule has 3 atom stereocenters. The van der Waals surface area contributed by atoms with E-state index in [1.54, 1.807) is 20.8 Å². The number of rotatable bonds is 6. The fraction of sp³-hybridized carbons (Fsp3) is 0.810. The van der Waals surface area contributed by atoms with Gasteiger partial charge in [-0.15, -0.1) is 0 Å². The van der Waals surface area contributed by atoms with Gasteiger partial charge >= 0.3 is 12.1 Å². The van der Waals surface area contributed by atoms with Crippen molar-refractivity contribution >= 4 is 23.9 Å². The number of urea groups is 1. The minimum absolute atomic E-state index is 0.0460. The van der Waals surface area contributed by atoms with Gasteiger partial charge in [0.2, 0.25) is 5.91 Å². The summed E-state index contributed by atoms with van der Waals surface area (Å²) < 4.78 is 5.34. The molecule has 3 aliphatic rings. The molecular formula is C21H35N5O6. The lowest BCUT2D eigenvalue weighted by Crippen LogP contribution is -2.55. The Kier molecular flexibility index (Phi) is 7.47. The van der Waals surface area contributed by atoms with E-state index in [0.717, 1.165) is 12.8 Å². The van der Waals surface area contributed by atoms with Crippen LogP contribution >= 0.6 is 0 Å². The molecule has 5 amide bonds. The van der Waals surface area contributed by atoms with Crippen LogP contribution in [0.5, 0.6) is 0 Å². The summed E-state index contributed by atoms with van der Waals surface area (Å²) in [6.07, 6.45) is 3.03. The Labute approximate surface area is 188 Å². The van der Waals surface area contributed by atoms with Gasteiger partial charge in [0.15, 0.2) is 0 Å². The van der Waals surface area contributed by atoms with Gasteiger partial charge < -0.3 is 14.5 Å². The number of hydrogen-bond donors (Lipinski definition) is 2. The molecule has 0 aromatic heterocycles. The Balaban J connectivity index is 1.45. The van der Waals surface area contributed by atoms with Crippen LogP contribution in [0.15, 0.2) is 0 Å². The molecule has 3 rings (SSSR count). The van der Waals surface area contributed by atoms with E-state index in [4.69, 9.17) is 9.57 Å². The standard InChI is InChI=1S/C21H35N5O6/c1-5-6-11-31-26-15-7-8-16(25(13-15)19(26)29)18(28)23-22-17(27)14-9-10-24(12-14)20(30)32-21(2,3)4/h14-16H,5-13H2,1-4H3,(H,22,27)(H,23,28)/t14-,15?,16-/m0/s1. The number of ether oxygens (including phenoxy) is 1. The van der Waals surface area contributed by atoms with E-state index < -0.39 is 29.6 Å². The number of hydroxylamine groups is 2. The molecule has 11 heteroatoms. The van der Waals surface area contributed by atoms with Gasteiger partial charge in [0, 0.05) is 19.6 Å². The van der Waals surface area contributed by atoms with Crippen molar-refractivity contribution in [2.75, 3.05) is 26.2 Å². The summed E-state index contributed by atoms with van der Waals surface area (Å²) in [5.41, 5.74) is 4.31. The quantitative estimate of drug-likeness (QED) is 0.463. The summed E-state index contributed by atoms with van der Waals surface area (Å²) in [4.78, 5) is 58.6. The molecule has 2 bridgehead atoms. The van der Waals surface area contributed by atoms with Crippen molar-refractivity contribution in [3.63, 3.8) is 0 Å². The predicted molar refractivity (Wildman–Crippen MR) is 114 cm³/mol. The van der Waals surface area contributed by atoms with Crippen molar-refractivity contribution in [3.8, 4) is 0 Å². The lowest BCUT2D eigenvalue weighted by molar-refractivity contribution is -0.133. The van der Waals surface area contributed by atoms with Crippen LogP contribution in [0.25, 0.3) is 0 Å². The molecule has 0 aromatic rings. The van der Waals surface area contributed by atoms with E-state index in [-0.39, 0.29) is 24.5 Å². The van der Waals surface area contributed by atoms with Gasteiger partial charge in [-0.2, -0.15) is 5.06 Å². The summed E-state index contributed by atoms with van der Waals surface area (Å²) in [5.74, 6) is -1.23. The number of nitrogens with zero attached hydrogens (tertiary/aromatic N) is 3. The number of hydrazine groups is 1. The van der Waals surface area contributed by atoms with Crippen molar-refractivity contribution in [1.82, 2.24) is 25.7 Å². The minimum Gasteiger partial charge on any atom is -0.444 e. The SMILES string of the molecule is CCCCON1C(=O)N2CC1CC[C@H]2C(=O)NNC(=O)[C@H]1CCN(C(=O)OC(C)(C)C)C1. The molecule has 32 heavy (non-hydrogen) atoms. The molecule has 1 unspecified atom stereocenters. The Bertz CT molecular complexity index is 739. The number of piperidine rings is 1. The molecule has 11 nitrogen and oxygen atoms in total. The third-order valence-corrected chi connectivity index (χ3v) is 5.87. The first-order chi connectivity index (χ1) is 15.1. The minimum atomic E-state index is -0.652. The molecule has 0 spiro atoms. The van der Waals surface area contributed by atoms with E-state index >= 15 is 0 Å². The molecule has 3 aliphatic heterocycles. The highest BCUT2D eigenvalue weighted by molar-refractivity contribution is 5.90. The van der Waals surface area contributed by atoms with Crippen molar-refractivity contribution in [1.29, 1.82) is 0 Å². The highest BCUT2D eigenvalue weighted by Crippen LogP contribution is 2.30. The predicted octanol–water partition coefficient (Wildman–Crippen LogP) is 1.39. The first-order valence-electron chi connectivity index (χ1n) is 11.4. The molecular weight excluding hydrogens is 418 g/mol. The molecule has 3 heterocycles. The molecule has 0 saturated carbocycles. The summed E-state index contributed by atoms with van der Waals surface area (Å²) in [5, 5.41) is 1.39. The van der Waals surface area contributed by atoms with Gasteiger partial charge in [0.1, 0.15) is 11.6 Å². The smallest absolute Gasteiger partial charge is 0.410 e. The van der Waals surface area contributed by atoms with Crippen LogP contribution in [-0.4, -0.2) is 82.7 Å². The maximum absolute atomic E-state index is 12.7. The van der Waals surface area contributed by atoms with Crippen LogP contribution in [0.3, 0.4) is 0 Å². The number of likely N-dealkylation sites (tertiary alicyclic amines) is 1. The fourth-order valence-electron chi connectivity index (χ4n) is 4.15. The number of nitrogens with one attached hydrogen (secondary N) is 2. The number of unbranched alkanes of at least 4 members (excludes halogenated alkanes) is 1. The van der Waals surface area contributed by atoms with Crippen molar-refractivity contribution in [3.05, 3.63) is 0 Å². The molecule has 180 valence electrons. The zero-order valence-electron chi connectivity index (χ0n) is 19.4. The van der Waals surface area contributed by atoms with Crippen LogP contribution in [0.1, 0.15) is 59.8 Å². The maximum atomic E-state index is 12.7. The third-order valence-electron chi connectivity index (χ3n) is 5.87. The van der Waals surface area contributed by atoms with Crippen LogP contribution in [0.2, 0.25) is 0 Å². The second-order valence-corrected chi connectivity index (χ2v) is 9.58. The zero-order chi connectivity index (χ0) is 23.5. The highest BCUT2D eigenvalue weighted by Gasteiger charge is 2.48. The maximum Gasteiger partial charge on any atom is 0.410 e. The van der Waals surface area contributed by atoms with Crippen LogP contribution in [-0.2, 0) is 19.2 Å². The van der Waals surface area contributed by atoms with Crippen molar-refractivity contribution < 1.29 is 28.8 Å². The molecule has 3 saturated heterocycles. The Morgan fingerprint density at radius 3 is 2.47 bits per heavy atom. The second-order valence-electron chi connectivity index (χ2n) is 9.58. The monoisotopic (exact) mass is 453 g/mol. The summed E-state index contributed by atoms with van der Waals surface area (Å²) >= 11 is 0. The van der Waals surface area contributed by atoms with Crippen molar-refractivity contribution in [2.24, 2.45) is 5.92 Å². The third kappa shape index (κ3) is 5.62. The Hall–Kier alpha value is -2.56. The van der Waals surface area contributed by atoms with Gasteiger partial charge in [-0.05, 0) is 46.5 Å². The Morgan fingerprint density at radius 1 is 1.06 bits per heavy atom. The lowest BCUT2D eigenvalue weighted by atomic mass is 10.0. The first-order valence-corrected chi connectivity index (χ1v) is 11.4. The number of amides is 5. The van der Waals surface area contributed by atoms with Gasteiger partial charge in [-0.25, -0.2) is 9.59 Å². The number of fused-ring (bicyclic) bond motifs is 2. The molecule has 0 radical (unpaired) electrons. The number of hydrogen-bond acceptors (Lipinski definition) is 6. The highest BCUT2D eigenvalue weighted by atomic mass is 16.7. The summed E-state index contributed by atoms with van der Waals surface area (Å²) in [7, 11) is 0. The van der Waals surface area contributed by atoms with Gasteiger partial charge in [-0.1, -0.05) is 13.3 Å². The number of carbonyl (C=O) groups excluding carboxylic acids is 4. The lowest BCUT2D eigenvalue weighted by Gasteiger charge is -2.29. The molecule has 2 N–H and O–H groups in total. The average molecular weight is 454 g/mol. The molecule has 0 aliphatic carbocycles. The zero-order valence-corrected chi connectivity index (χ0v) is 19.4. The first kappa shape index (κ1) is 24.1. The van der Waals surface area contributed by atoms with E-state index in [2.05, 4.69) is 10.9 Å². The average Bonchev–Trinajstić information content (AvgIpc) is 3.31. The van der Waals surface area contributed by atoms with Crippen LogP contribution in [0, 0.1) is 5.92 Å². The Morgan fingerprint density at radius 2 is 1.78 bits per heavy atom. The van der Waals surface area contributed by atoms with Crippen molar-refractivity contribution in [2.45, 2.75) is 77.5 Å². The van der Waals surface area contributed by atoms with E-state index in [9.17, 15) is 19.2 Å². The van der Waals surface area contributed by atoms with Crippen LogP contribution < -0.4 is 10.9 Å². The van der Waals surface area contributed by atoms with E-state index in [0.29, 0.717) is 39.0 Å². The largest absolute Gasteiger partial charge is 0.444 e. The topological polar surface area (TPSA) is 121 Å². The second kappa shape index (κ2) is 9.93. The van der Waals surface area contributed by atoms with Gasteiger partial charge in [0.05, 0.1) is 18.6 Å². The normalized spacial score (nSPS) is 25.2. The van der Waals surface area contributed by atoms with E-state index in [1.807, 2.05) is 6.92 Å². The number of carbonyl (C=O) groups is 4. The molecule has 3 fully saturated rings. The fourth-order valence-corrected chi connectivity index (χ4v) is 4.15. The van der Waals surface area contributed by atoms with Crippen LogP contribution in [0.4, 0.5) is 9.59 Å². The van der Waals surface area contributed by atoms with E-state index in [1.165, 1.54) is 14.9 Å². The van der Waals surface area contributed by atoms with Gasteiger partial charge in [-0.3, -0.25) is 25.3 Å². The van der Waals surface area contributed by atoms with Gasteiger partial charge in [0.25, 0.3) is 5.91 Å².